The lowest BCUT2D eigenvalue weighted by Gasteiger charge is -2.37. The molecule has 0 aliphatic carbocycles. The number of ether oxygens (including phenoxy) is 1. The normalized spacial score (nSPS) is 22.9. The zero-order valence-corrected chi connectivity index (χ0v) is 14.3. The van der Waals surface area contributed by atoms with Crippen LogP contribution in [-0.2, 0) is 9.84 Å². The predicted molar refractivity (Wildman–Crippen MR) is 88.6 cm³/mol. The highest BCUT2D eigenvalue weighted by molar-refractivity contribution is 7.91. The van der Waals surface area contributed by atoms with Gasteiger partial charge in [0, 0.05) is 45.0 Å². The van der Waals surface area contributed by atoms with Crippen molar-refractivity contribution in [2.24, 2.45) is 5.92 Å². The molecule has 23 heavy (non-hydrogen) atoms. The molecule has 0 amide bonds. The van der Waals surface area contributed by atoms with Gasteiger partial charge in [-0.15, -0.1) is 0 Å². The Labute approximate surface area is 137 Å². The molecule has 0 atom stereocenters. The molecule has 0 unspecified atom stereocenters. The van der Waals surface area contributed by atoms with E-state index >= 15 is 0 Å². The highest BCUT2D eigenvalue weighted by Crippen LogP contribution is 2.21. The molecule has 0 bridgehead atoms. The third kappa shape index (κ3) is 4.32. The molecule has 2 saturated heterocycles. The number of aromatic nitrogens is 2. The Bertz CT molecular complexity index is 615. The third-order valence-corrected chi connectivity index (χ3v) is 6.39. The number of methoxy groups -OCH3 is 1. The lowest BCUT2D eigenvalue weighted by Crippen LogP contribution is -2.48. The summed E-state index contributed by atoms with van der Waals surface area (Å²) in [5, 5.41) is 0. The van der Waals surface area contributed by atoms with Crippen LogP contribution in [0.4, 0.5) is 5.95 Å². The van der Waals surface area contributed by atoms with Gasteiger partial charge in [-0.2, -0.15) is 4.98 Å². The van der Waals surface area contributed by atoms with Crippen molar-refractivity contribution in [3.8, 4) is 5.88 Å². The SMILES string of the molecule is COc1ccnc(N2CCN(CC3CCS(=O)(=O)CC3)CC2)n1. The Morgan fingerprint density at radius 3 is 2.57 bits per heavy atom. The van der Waals surface area contributed by atoms with Gasteiger partial charge in [0.25, 0.3) is 0 Å². The maximum atomic E-state index is 11.5. The Balaban J connectivity index is 1.48. The lowest BCUT2D eigenvalue weighted by molar-refractivity contribution is 0.210. The van der Waals surface area contributed by atoms with Gasteiger partial charge in [-0.3, -0.25) is 4.90 Å². The van der Waals surface area contributed by atoms with Crippen LogP contribution in [0.1, 0.15) is 12.8 Å². The minimum Gasteiger partial charge on any atom is -0.481 e. The van der Waals surface area contributed by atoms with Gasteiger partial charge in [-0.25, -0.2) is 13.4 Å². The van der Waals surface area contributed by atoms with E-state index < -0.39 is 9.84 Å². The Morgan fingerprint density at radius 2 is 1.91 bits per heavy atom. The van der Waals surface area contributed by atoms with Gasteiger partial charge in [0.15, 0.2) is 0 Å². The van der Waals surface area contributed by atoms with E-state index in [4.69, 9.17) is 4.74 Å². The molecule has 7 nitrogen and oxygen atoms in total. The second-order valence-electron chi connectivity index (χ2n) is 6.28. The molecule has 3 heterocycles. The Hall–Kier alpha value is -1.41. The fraction of sp³-hybridized carbons (Fsp3) is 0.733. The average molecular weight is 340 g/mol. The van der Waals surface area contributed by atoms with E-state index in [0.29, 0.717) is 29.3 Å². The number of piperazine rings is 1. The third-order valence-electron chi connectivity index (χ3n) is 4.67. The van der Waals surface area contributed by atoms with Crippen molar-refractivity contribution in [3.05, 3.63) is 12.3 Å². The number of anilines is 1. The van der Waals surface area contributed by atoms with Gasteiger partial charge in [-0.05, 0) is 18.8 Å². The van der Waals surface area contributed by atoms with E-state index in [9.17, 15) is 8.42 Å². The van der Waals surface area contributed by atoms with Gasteiger partial charge in [-0.1, -0.05) is 0 Å². The summed E-state index contributed by atoms with van der Waals surface area (Å²) in [6.45, 7) is 4.70. The first-order valence-electron chi connectivity index (χ1n) is 8.10. The lowest BCUT2D eigenvalue weighted by atomic mass is 10.0. The zero-order chi connectivity index (χ0) is 16.3. The van der Waals surface area contributed by atoms with Crippen molar-refractivity contribution < 1.29 is 13.2 Å². The van der Waals surface area contributed by atoms with Crippen molar-refractivity contribution in [3.63, 3.8) is 0 Å². The number of sulfone groups is 1. The molecule has 8 heteroatoms. The number of rotatable bonds is 4. The molecule has 2 fully saturated rings. The van der Waals surface area contributed by atoms with E-state index in [0.717, 1.165) is 45.6 Å². The zero-order valence-electron chi connectivity index (χ0n) is 13.5. The van der Waals surface area contributed by atoms with Crippen LogP contribution in [0.25, 0.3) is 0 Å². The summed E-state index contributed by atoms with van der Waals surface area (Å²) in [5.41, 5.74) is 0. The summed E-state index contributed by atoms with van der Waals surface area (Å²) in [6.07, 6.45) is 3.33. The first kappa shape index (κ1) is 16.4. The predicted octanol–water partition coefficient (Wildman–Crippen LogP) is 0.432. The Morgan fingerprint density at radius 1 is 1.22 bits per heavy atom. The fourth-order valence-corrected chi connectivity index (χ4v) is 4.80. The van der Waals surface area contributed by atoms with E-state index in [1.54, 1.807) is 19.4 Å². The number of nitrogens with zero attached hydrogens (tertiary/aromatic N) is 4. The van der Waals surface area contributed by atoms with E-state index in [1.165, 1.54) is 0 Å². The average Bonchev–Trinajstić information content (AvgIpc) is 2.57. The summed E-state index contributed by atoms with van der Waals surface area (Å²) in [4.78, 5) is 13.3. The Kier molecular flexibility index (Phi) is 5.01. The van der Waals surface area contributed by atoms with Crippen LogP contribution in [-0.4, -0.2) is 74.6 Å². The molecule has 1 aromatic rings. The van der Waals surface area contributed by atoms with Crippen molar-refractivity contribution in [1.82, 2.24) is 14.9 Å². The molecule has 128 valence electrons. The largest absolute Gasteiger partial charge is 0.481 e. The van der Waals surface area contributed by atoms with Crippen LogP contribution in [0.3, 0.4) is 0 Å². The summed E-state index contributed by atoms with van der Waals surface area (Å²) in [7, 11) is -1.16. The van der Waals surface area contributed by atoms with Crippen LogP contribution in [0, 0.1) is 5.92 Å². The molecule has 0 saturated carbocycles. The van der Waals surface area contributed by atoms with Gasteiger partial charge in [0.05, 0.1) is 18.6 Å². The van der Waals surface area contributed by atoms with Crippen molar-refractivity contribution in [1.29, 1.82) is 0 Å². The topological polar surface area (TPSA) is 75.6 Å². The van der Waals surface area contributed by atoms with Crippen LogP contribution < -0.4 is 9.64 Å². The van der Waals surface area contributed by atoms with Crippen LogP contribution in [0.2, 0.25) is 0 Å². The summed E-state index contributed by atoms with van der Waals surface area (Å²) >= 11 is 0. The standard InChI is InChI=1S/C15H24N4O3S/c1-22-14-2-5-16-15(17-14)19-8-6-18(7-9-19)12-13-3-10-23(20,21)11-4-13/h2,5,13H,3-4,6-12H2,1H3. The van der Waals surface area contributed by atoms with Gasteiger partial charge >= 0.3 is 0 Å². The van der Waals surface area contributed by atoms with Crippen LogP contribution >= 0.6 is 0 Å². The monoisotopic (exact) mass is 340 g/mol. The molecule has 0 radical (unpaired) electrons. The molecular formula is C15H24N4O3S. The molecule has 2 aliphatic rings. The minimum atomic E-state index is -2.76. The van der Waals surface area contributed by atoms with E-state index in [-0.39, 0.29) is 0 Å². The van der Waals surface area contributed by atoms with Crippen molar-refractivity contribution >= 4 is 15.8 Å². The highest BCUT2D eigenvalue weighted by Gasteiger charge is 2.27. The molecule has 1 aromatic heterocycles. The molecular weight excluding hydrogens is 316 g/mol. The van der Waals surface area contributed by atoms with Gasteiger partial charge < -0.3 is 9.64 Å². The maximum absolute atomic E-state index is 11.5. The molecule has 2 aliphatic heterocycles. The fourth-order valence-electron chi connectivity index (χ4n) is 3.22. The van der Waals surface area contributed by atoms with Crippen LogP contribution in [0.15, 0.2) is 12.3 Å². The smallest absolute Gasteiger partial charge is 0.228 e. The quantitative estimate of drug-likeness (QED) is 0.787. The summed E-state index contributed by atoms with van der Waals surface area (Å²) in [5.74, 6) is 2.52. The minimum absolute atomic E-state index is 0.356. The summed E-state index contributed by atoms with van der Waals surface area (Å²) < 4.78 is 28.1. The summed E-state index contributed by atoms with van der Waals surface area (Å²) in [6, 6.07) is 1.75. The van der Waals surface area contributed by atoms with E-state index in [2.05, 4.69) is 19.8 Å². The van der Waals surface area contributed by atoms with Gasteiger partial charge in [0.1, 0.15) is 9.84 Å². The second-order valence-corrected chi connectivity index (χ2v) is 8.59. The molecule has 3 rings (SSSR count). The molecule has 0 spiro atoms. The first-order valence-corrected chi connectivity index (χ1v) is 9.92. The van der Waals surface area contributed by atoms with Crippen LogP contribution in [0.5, 0.6) is 5.88 Å². The van der Waals surface area contributed by atoms with Crippen molar-refractivity contribution in [2.75, 3.05) is 56.2 Å². The molecule has 0 aromatic carbocycles. The number of hydrogen-bond acceptors (Lipinski definition) is 7. The van der Waals surface area contributed by atoms with E-state index in [1.807, 2.05) is 0 Å². The van der Waals surface area contributed by atoms with Crippen molar-refractivity contribution in [2.45, 2.75) is 12.8 Å². The van der Waals surface area contributed by atoms with Gasteiger partial charge in [0.2, 0.25) is 11.8 Å². The highest BCUT2D eigenvalue weighted by atomic mass is 32.2. The number of hydrogen-bond donors (Lipinski definition) is 0. The second kappa shape index (κ2) is 7.00. The first-order chi connectivity index (χ1) is 11.1. The molecule has 0 N–H and O–H groups in total. The maximum Gasteiger partial charge on any atom is 0.228 e.